The Hall–Kier alpha value is -1.26. The van der Waals surface area contributed by atoms with E-state index in [2.05, 4.69) is 34.6 Å². The Bertz CT molecular complexity index is 1160. The molecule has 7 fully saturated rings. The molecule has 42 heavy (non-hydrogen) atoms. The van der Waals surface area contributed by atoms with E-state index in [0.29, 0.717) is 18.3 Å². The number of fused-ring (bicyclic) bond motifs is 4. The van der Waals surface area contributed by atoms with Crippen LogP contribution in [-0.2, 0) is 28.5 Å². The minimum absolute atomic E-state index is 0.0639. The van der Waals surface area contributed by atoms with E-state index in [1.807, 2.05) is 0 Å². The second-order valence-electron chi connectivity index (χ2n) is 16.3. The highest BCUT2D eigenvalue weighted by molar-refractivity contribution is 5.71. The number of rotatable bonds is 3. The molecule has 0 aromatic rings. The van der Waals surface area contributed by atoms with Crippen LogP contribution in [0.15, 0.2) is 0 Å². The number of esters is 2. The van der Waals surface area contributed by atoms with Crippen molar-refractivity contribution in [3.8, 4) is 0 Å². The van der Waals surface area contributed by atoms with Gasteiger partial charge in [-0.05, 0) is 84.4 Å². The van der Waals surface area contributed by atoms with Gasteiger partial charge in [0.05, 0.1) is 12.7 Å². The number of aliphatic hydroxyl groups excluding tert-OH is 3. The largest absolute Gasteiger partial charge is 0.462 e. The van der Waals surface area contributed by atoms with Crippen molar-refractivity contribution in [2.24, 2.45) is 50.7 Å². The van der Waals surface area contributed by atoms with Crippen LogP contribution in [0.5, 0.6) is 0 Å². The maximum atomic E-state index is 12.6. The summed E-state index contributed by atoms with van der Waals surface area (Å²) in [4.78, 5) is 25.2. The zero-order valence-corrected chi connectivity index (χ0v) is 26.0. The number of ether oxygens (including phenoxy) is 4. The van der Waals surface area contributed by atoms with Crippen molar-refractivity contribution in [2.75, 3.05) is 6.61 Å². The van der Waals surface area contributed by atoms with Crippen molar-refractivity contribution < 1.29 is 43.9 Å². The van der Waals surface area contributed by atoms with Gasteiger partial charge in [0.15, 0.2) is 6.29 Å². The molecule has 3 N–H and O–H groups in total. The van der Waals surface area contributed by atoms with E-state index >= 15 is 0 Å². The summed E-state index contributed by atoms with van der Waals surface area (Å²) in [5.74, 6) is 0.869. The predicted octanol–water partition coefficient (Wildman–Crippen LogP) is 3.35. The van der Waals surface area contributed by atoms with Crippen LogP contribution in [0.1, 0.15) is 92.9 Å². The summed E-state index contributed by atoms with van der Waals surface area (Å²) < 4.78 is 24.5. The Balaban J connectivity index is 1.21. The van der Waals surface area contributed by atoms with Gasteiger partial charge in [-0.15, -0.1) is 0 Å². The quantitative estimate of drug-likeness (QED) is 0.334. The van der Waals surface area contributed by atoms with E-state index in [-0.39, 0.29) is 75.8 Å². The molecule has 9 nitrogen and oxygen atoms in total. The molecule has 15 atom stereocenters. The van der Waals surface area contributed by atoms with Crippen LogP contribution in [0.25, 0.3) is 0 Å². The lowest BCUT2D eigenvalue weighted by Crippen LogP contribution is -2.63. The molecule has 5 aliphatic carbocycles. The molecule has 9 heteroatoms. The van der Waals surface area contributed by atoms with Crippen molar-refractivity contribution in [1.29, 1.82) is 0 Å². The second kappa shape index (κ2) is 9.15. The van der Waals surface area contributed by atoms with Gasteiger partial charge in [0.25, 0.3) is 0 Å². The van der Waals surface area contributed by atoms with Gasteiger partial charge in [-0.25, -0.2) is 0 Å². The predicted molar refractivity (Wildman–Crippen MR) is 149 cm³/mol. The molecule has 0 amide bonds. The van der Waals surface area contributed by atoms with E-state index < -0.39 is 24.6 Å². The second-order valence-corrected chi connectivity index (χ2v) is 16.3. The monoisotopic (exact) mass is 590 g/mol. The standard InChI is InChI=1S/C33H50O9/c1-16-11-24(36)41-19-12-30(5)21-8-7-20-29(3,4)22(42-28-27(38)26(37)18(35)14-39-28)9-10-32(20)15-33(21,32)13-23(40-17(2)34)31(30,6)25(16)19/h16,18-23,25-28,35,37-38H,7-15H2,1-6H3. The maximum absolute atomic E-state index is 12.6. The highest BCUT2D eigenvalue weighted by atomic mass is 16.7. The van der Waals surface area contributed by atoms with Gasteiger partial charge >= 0.3 is 11.9 Å². The van der Waals surface area contributed by atoms with E-state index in [1.165, 1.54) is 6.92 Å². The van der Waals surface area contributed by atoms with Crippen LogP contribution in [0.2, 0.25) is 0 Å². The lowest BCUT2D eigenvalue weighted by Gasteiger charge is -2.65. The summed E-state index contributed by atoms with van der Waals surface area (Å²) in [5.41, 5.74) is -0.411. The number of hydrogen-bond acceptors (Lipinski definition) is 9. The van der Waals surface area contributed by atoms with Crippen LogP contribution < -0.4 is 0 Å². The van der Waals surface area contributed by atoms with Gasteiger partial charge < -0.3 is 34.3 Å². The lowest BCUT2D eigenvalue weighted by atomic mass is 9.41. The van der Waals surface area contributed by atoms with Gasteiger partial charge in [0, 0.05) is 24.7 Å². The topological polar surface area (TPSA) is 132 Å². The molecule has 7 rings (SSSR count). The molecule has 15 unspecified atom stereocenters. The van der Waals surface area contributed by atoms with Gasteiger partial charge in [0.1, 0.15) is 30.5 Å². The summed E-state index contributed by atoms with van der Waals surface area (Å²) >= 11 is 0. The average Bonchev–Trinajstić information content (AvgIpc) is 3.48. The molecule has 2 heterocycles. The Labute approximate surface area is 249 Å². The Morgan fingerprint density at radius 1 is 0.952 bits per heavy atom. The molecule has 2 aliphatic heterocycles. The third-order valence-electron chi connectivity index (χ3n) is 14.5. The van der Waals surface area contributed by atoms with Crippen molar-refractivity contribution in [3.63, 3.8) is 0 Å². The molecule has 7 aliphatic rings. The first-order valence-corrected chi connectivity index (χ1v) is 16.3. The van der Waals surface area contributed by atoms with Crippen LogP contribution in [-0.4, -0.2) is 76.8 Å². The fourth-order valence-corrected chi connectivity index (χ4v) is 12.8. The maximum Gasteiger partial charge on any atom is 0.306 e. The van der Waals surface area contributed by atoms with Crippen LogP contribution >= 0.6 is 0 Å². The van der Waals surface area contributed by atoms with Crippen LogP contribution in [0, 0.1) is 50.7 Å². The average molecular weight is 591 g/mol. The van der Waals surface area contributed by atoms with Crippen molar-refractivity contribution in [1.82, 2.24) is 0 Å². The minimum atomic E-state index is -1.30. The molecule has 0 aromatic carbocycles. The minimum Gasteiger partial charge on any atom is -0.462 e. The third-order valence-corrected chi connectivity index (χ3v) is 14.5. The number of carbonyl (C=O) groups is 2. The molecule has 0 bridgehead atoms. The SMILES string of the molecule is CC(=O)OC1CC23CC24CCC(OC2OCC(O)C(O)C2O)C(C)(C)C4CCC3C2(C)CC3OC(=O)CC(C)C3C12C. The number of hydrogen-bond donors (Lipinski definition) is 3. The molecular formula is C33H50O9. The fourth-order valence-electron chi connectivity index (χ4n) is 12.8. The fraction of sp³-hybridized carbons (Fsp3) is 0.939. The molecule has 236 valence electrons. The lowest BCUT2D eigenvalue weighted by molar-refractivity contribution is -0.303. The molecule has 2 saturated heterocycles. The summed E-state index contributed by atoms with van der Waals surface area (Å²) in [5, 5.41) is 30.7. The highest BCUT2D eigenvalue weighted by Gasteiger charge is 2.85. The Morgan fingerprint density at radius 2 is 1.67 bits per heavy atom. The van der Waals surface area contributed by atoms with E-state index in [4.69, 9.17) is 18.9 Å². The molecule has 0 radical (unpaired) electrons. The molecule has 5 saturated carbocycles. The smallest absolute Gasteiger partial charge is 0.306 e. The summed E-state index contributed by atoms with van der Waals surface area (Å²) in [6.07, 6.45) is 1.99. The van der Waals surface area contributed by atoms with Crippen molar-refractivity contribution in [3.05, 3.63) is 0 Å². The van der Waals surface area contributed by atoms with Crippen molar-refractivity contribution in [2.45, 2.75) is 136 Å². The van der Waals surface area contributed by atoms with Gasteiger partial charge in [0.2, 0.25) is 0 Å². The zero-order valence-electron chi connectivity index (χ0n) is 26.0. The number of aliphatic hydroxyl groups is 3. The van der Waals surface area contributed by atoms with E-state index in [0.717, 1.165) is 44.9 Å². The first-order valence-electron chi connectivity index (χ1n) is 16.3. The Morgan fingerprint density at radius 3 is 2.38 bits per heavy atom. The van der Waals surface area contributed by atoms with Gasteiger partial charge in [-0.1, -0.05) is 34.6 Å². The Kier molecular flexibility index (Phi) is 6.42. The summed E-state index contributed by atoms with van der Waals surface area (Å²) in [6.45, 7) is 12.9. The normalized spacial score (nSPS) is 57.5. The van der Waals surface area contributed by atoms with Crippen LogP contribution in [0.4, 0.5) is 0 Å². The van der Waals surface area contributed by atoms with Gasteiger partial charge in [-0.2, -0.15) is 0 Å². The van der Waals surface area contributed by atoms with E-state index in [9.17, 15) is 24.9 Å². The van der Waals surface area contributed by atoms with E-state index in [1.54, 1.807) is 0 Å². The van der Waals surface area contributed by atoms with Crippen LogP contribution in [0.3, 0.4) is 0 Å². The van der Waals surface area contributed by atoms with Crippen molar-refractivity contribution >= 4 is 11.9 Å². The first kappa shape index (κ1) is 29.5. The molecular weight excluding hydrogens is 540 g/mol. The van der Waals surface area contributed by atoms with Gasteiger partial charge in [-0.3, -0.25) is 9.59 Å². The zero-order chi connectivity index (χ0) is 30.2. The summed E-state index contributed by atoms with van der Waals surface area (Å²) in [7, 11) is 0. The third kappa shape index (κ3) is 3.55. The molecule has 0 aromatic heterocycles. The number of carbonyl (C=O) groups excluding carboxylic acids is 2. The summed E-state index contributed by atoms with van der Waals surface area (Å²) in [6, 6.07) is 0. The first-order chi connectivity index (χ1) is 19.6. The molecule has 2 spiro atoms. The highest BCUT2D eigenvalue weighted by Crippen LogP contribution is 2.89.